The minimum Gasteiger partial charge on any atom is -0.481 e. The molecule has 0 aliphatic carbocycles. The van der Waals surface area contributed by atoms with Gasteiger partial charge in [0.25, 0.3) is 0 Å². The normalized spacial score (nSPS) is 14.6. The van der Waals surface area contributed by atoms with Crippen molar-refractivity contribution >= 4 is 5.97 Å². The van der Waals surface area contributed by atoms with Gasteiger partial charge in [0.05, 0.1) is 12.0 Å². The summed E-state index contributed by atoms with van der Waals surface area (Å²) in [6.07, 6.45) is 0.421. The van der Waals surface area contributed by atoms with Crippen LogP contribution in [0.5, 0.6) is 0 Å². The molecule has 1 aromatic rings. The summed E-state index contributed by atoms with van der Waals surface area (Å²) in [6, 6.07) is 6.36. The third kappa shape index (κ3) is 2.64. The van der Waals surface area contributed by atoms with E-state index in [4.69, 9.17) is 5.11 Å². The van der Waals surface area contributed by atoms with Crippen molar-refractivity contribution in [1.82, 2.24) is 4.90 Å². The first-order valence-electron chi connectivity index (χ1n) is 5.58. The molecule has 1 unspecified atom stereocenters. The Kier molecular flexibility index (Phi) is 4.23. The van der Waals surface area contributed by atoms with E-state index < -0.39 is 11.5 Å². The molecule has 0 aliphatic rings. The predicted molar refractivity (Wildman–Crippen MR) is 64.3 cm³/mol. The molecule has 0 saturated carbocycles. The average molecular weight is 239 g/mol. The van der Waals surface area contributed by atoms with Crippen LogP contribution in [0.4, 0.5) is 4.39 Å². The molecular formula is C13H18FNO2. The third-order valence-corrected chi connectivity index (χ3v) is 3.26. The summed E-state index contributed by atoms with van der Waals surface area (Å²) in [5, 5.41) is 9.03. The van der Waals surface area contributed by atoms with Gasteiger partial charge < -0.3 is 5.11 Å². The van der Waals surface area contributed by atoms with Crippen molar-refractivity contribution in [3.63, 3.8) is 0 Å². The van der Waals surface area contributed by atoms with Gasteiger partial charge in [0.2, 0.25) is 0 Å². The Labute approximate surface area is 101 Å². The maximum absolute atomic E-state index is 13.9. The molecule has 0 bridgehead atoms. The van der Waals surface area contributed by atoms with Crippen molar-refractivity contribution in [3.8, 4) is 0 Å². The van der Waals surface area contributed by atoms with Gasteiger partial charge in [-0.25, -0.2) is 4.39 Å². The zero-order valence-electron chi connectivity index (χ0n) is 10.4. The van der Waals surface area contributed by atoms with Crippen molar-refractivity contribution in [2.45, 2.75) is 25.3 Å². The van der Waals surface area contributed by atoms with Crippen molar-refractivity contribution in [2.75, 3.05) is 14.1 Å². The lowest BCUT2D eigenvalue weighted by Gasteiger charge is -2.38. The van der Waals surface area contributed by atoms with Crippen LogP contribution >= 0.6 is 0 Å². The van der Waals surface area contributed by atoms with Crippen LogP contribution in [0.15, 0.2) is 24.3 Å². The molecule has 0 radical (unpaired) electrons. The van der Waals surface area contributed by atoms with Crippen LogP contribution in [0.25, 0.3) is 0 Å². The number of hydrogen-bond donors (Lipinski definition) is 1. The summed E-state index contributed by atoms with van der Waals surface area (Å²) >= 11 is 0. The molecule has 1 rings (SSSR count). The molecule has 0 heterocycles. The highest BCUT2D eigenvalue weighted by Crippen LogP contribution is 2.35. The van der Waals surface area contributed by atoms with Gasteiger partial charge in [-0.05, 0) is 26.6 Å². The van der Waals surface area contributed by atoms with Gasteiger partial charge in [-0.2, -0.15) is 0 Å². The zero-order chi connectivity index (χ0) is 13.1. The average Bonchev–Trinajstić information content (AvgIpc) is 2.26. The maximum atomic E-state index is 13.9. The van der Waals surface area contributed by atoms with Crippen molar-refractivity contribution in [3.05, 3.63) is 35.6 Å². The third-order valence-electron chi connectivity index (χ3n) is 3.26. The Morgan fingerprint density at radius 1 is 1.41 bits per heavy atom. The highest BCUT2D eigenvalue weighted by Gasteiger charge is 2.37. The van der Waals surface area contributed by atoms with E-state index in [1.165, 1.54) is 6.07 Å². The number of hydrogen-bond acceptors (Lipinski definition) is 2. The molecule has 0 amide bonds. The number of carboxylic acids is 1. The Bertz CT molecular complexity index is 406. The molecule has 0 saturated heterocycles. The second kappa shape index (κ2) is 5.27. The van der Waals surface area contributed by atoms with Crippen LogP contribution in [0.2, 0.25) is 0 Å². The first-order valence-corrected chi connectivity index (χ1v) is 5.58. The Morgan fingerprint density at radius 2 is 2.00 bits per heavy atom. The highest BCUT2D eigenvalue weighted by atomic mass is 19.1. The maximum Gasteiger partial charge on any atom is 0.305 e. The minimum atomic E-state index is -0.927. The number of benzene rings is 1. The van der Waals surface area contributed by atoms with Gasteiger partial charge in [0.1, 0.15) is 5.82 Å². The van der Waals surface area contributed by atoms with Gasteiger partial charge in [-0.1, -0.05) is 25.1 Å². The highest BCUT2D eigenvalue weighted by molar-refractivity contribution is 5.69. The van der Waals surface area contributed by atoms with Gasteiger partial charge in [0, 0.05) is 5.56 Å². The fourth-order valence-corrected chi connectivity index (χ4v) is 2.21. The lowest BCUT2D eigenvalue weighted by molar-refractivity contribution is -0.140. The van der Waals surface area contributed by atoms with Crippen LogP contribution < -0.4 is 0 Å². The van der Waals surface area contributed by atoms with Crippen LogP contribution in [0, 0.1) is 5.82 Å². The van der Waals surface area contributed by atoms with E-state index in [0.29, 0.717) is 12.0 Å². The number of carbonyl (C=O) groups is 1. The molecule has 4 heteroatoms. The van der Waals surface area contributed by atoms with E-state index in [-0.39, 0.29) is 12.2 Å². The number of carboxylic acid groups (broad SMARTS) is 1. The number of aliphatic carboxylic acids is 1. The lowest BCUT2D eigenvalue weighted by atomic mass is 9.82. The summed E-state index contributed by atoms with van der Waals surface area (Å²) in [4.78, 5) is 12.8. The molecule has 17 heavy (non-hydrogen) atoms. The van der Waals surface area contributed by atoms with E-state index in [9.17, 15) is 9.18 Å². The largest absolute Gasteiger partial charge is 0.481 e. The Morgan fingerprint density at radius 3 is 2.41 bits per heavy atom. The molecule has 0 fully saturated rings. The minimum absolute atomic E-state index is 0.114. The summed E-state index contributed by atoms with van der Waals surface area (Å²) < 4.78 is 13.9. The van der Waals surface area contributed by atoms with Crippen molar-refractivity contribution < 1.29 is 14.3 Å². The number of nitrogens with zero attached hydrogens (tertiary/aromatic N) is 1. The summed E-state index contributed by atoms with van der Waals surface area (Å²) in [5.74, 6) is -1.28. The smallest absolute Gasteiger partial charge is 0.305 e. The molecule has 0 aliphatic heterocycles. The van der Waals surface area contributed by atoms with Gasteiger partial charge in [-0.15, -0.1) is 0 Å². The number of rotatable bonds is 5. The zero-order valence-corrected chi connectivity index (χ0v) is 10.4. The van der Waals surface area contributed by atoms with E-state index >= 15 is 0 Å². The monoisotopic (exact) mass is 239 g/mol. The molecule has 1 atom stereocenters. The molecule has 1 aromatic carbocycles. The van der Waals surface area contributed by atoms with Crippen molar-refractivity contribution in [2.24, 2.45) is 0 Å². The van der Waals surface area contributed by atoms with Gasteiger partial charge in [0.15, 0.2) is 0 Å². The Hall–Kier alpha value is -1.42. The first-order chi connectivity index (χ1) is 7.94. The van der Waals surface area contributed by atoms with Crippen LogP contribution in [-0.4, -0.2) is 30.1 Å². The fraction of sp³-hybridized carbons (Fsp3) is 0.462. The molecule has 94 valence electrons. The van der Waals surface area contributed by atoms with E-state index in [2.05, 4.69) is 0 Å². The molecular weight excluding hydrogens is 221 g/mol. The Balaban J connectivity index is 3.32. The van der Waals surface area contributed by atoms with E-state index in [1.807, 2.05) is 6.92 Å². The molecule has 0 aromatic heterocycles. The summed E-state index contributed by atoms with van der Waals surface area (Å²) in [6.45, 7) is 1.87. The summed E-state index contributed by atoms with van der Waals surface area (Å²) in [5.41, 5.74) is -0.355. The first kappa shape index (κ1) is 13.6. The second-order valence-electron chi connectivity index (χ2n) is 4.33. The summed E-state index contributed by atoms with van der Waals surface area (Å²) in [7, 11) is 3.55. The molecule has 3 nitrogen and oxygen atoms in total. The number of halogens is 1. The van der Waals surface area contributed by atoms with Crippen LogP contribution in [-0.2, 0) is 10.3 Å². The van der Waals surface area contributed by atoms with Crippen LogP contribution in [0.1, 0.15) is 25.3 Å². The molecule has 0 spiro atoms. The van der Waals surface area contributed by atoms with E-state index in [0.717, 1.165) is 0 Å². The predicted octanol–water partition coefficient (Wildman–Crippen LogP) is 2.47. The van der Waals surface area contributed by atoms with Gasteiger partial charge in [-0.3, -0.25) is 9.69 Å². The molecule has 1 N–H and O–H groups in total. The quantitative estimate of drug-likeness (QED) is 0.858. The second-order valence-corrected chi connectivity index (χ2v) is 4.33. The van der Waals surface area contributed by atoms with Gasteiger partial charge >= 0.3 is 5.97 Å². The fourth-order valence-electron chi connectivity index (χ4n) is 2.21. The SMILES string of the molecule is CCC(CC(=O)O)(c1ccccc1F)N(C)C. The van der Waals surface area contributed by atoms with Crippen LogP contribution in [0.3, 0.4) is 0 Å². The van der Waals surface area contributed by atoms with E-state index in [1.54, 1.807) is 37.2 Å². The lowest BCUT2D eigenvalue weighted by Crippen LogP contribution is -2.43. The standard InChI is InChI=1S/C13H18FNO2/c1-4-13(15(2)3,9-12(16)17)10-7-5-6-8-11(10)14/h5-8H,4,9H2,1-3H3,(H,16,17). The van der Waals surface area contributed by atoms with Crippen molar-refractivity contribution in [1.29, 1.82) is 0 Å². The topological polar surface area (TPSA) is 40.5 Å².